The fourth-order valence-corrected chi connectivity index (χ4v) is 2.73. The number of fused-ring (bicyclic) bond motifs is 2. The van der Waals surface area contributed by atoms with Crippen molar-refractivity contribution in [2.45, 2.75) is 0 Å². The number of nitrogens with zero attached hydrogens (tertiary/aromatic N) is 2. The maximum atomic E-state index is 11.8. The Bertz CT molecular complexity index is 756. The number of rotatable bonds is 2. The first kappa shape index (κ1) is 11.2. The Hall–Kier alpha value is -2.61. The van der Waals surface area contributed by atoms with Gasteiger partial charge in [0.05, 0.1) is 16.4 Å². The molecule has 0 aliphatic carbocycles. The molecule has 3 aromatic rings. The number of hydrogen-bond donors (Lipinski definition) is 1. The third-order valence-electron chi connectivity index (χ3n) is 2.76. The van der Waals surface area contributed by atoms with Gasteiger partial charge in [0.1, 0.15) is 0 Å². The highest BCUT2D eigenvalue weighted by Gasteiger charge is 2.18. The van der Waals surface area contributed by atoms with Gasteiger partial charge in [0.2, 0.25) is 12.6 Å². The summed E-state index contributed by atoms with van der Waals surface area (Å²) in [5, 5.41) is 6.62. The molecule has 7 nitrogen and oxygen atoms in total. The van der Waals surface area contributed by atoms with Gasteiger partial charge in [-0.2, -0.15) is 0 Å². The highest BCUT2D eigenvalue weighted by molar-refractivity contribution is 7.22. The van der Waals surface area contributed by atoms with Crippen molar-refractivity contribution >= 4 is 32.6 Å². The van der Waals surface area contributed by atoms with Gasteiger partial charge in [-0.05, 0) is 0 Å². The van der Waals surface area contributed by atoms with Gasteiger partial charge in [0.25, 0.3) is 5.91 Å². The SMILES string of the molecule is O=C(Nc1nc2cc3c(cc2s1)OCO3)c1ccno1. The number of thiazole rings is 1. The number of hydrogen-bond acceptors (Lipinski definition) is 7. The predicted octanol–water partition coefficient (Wildman–Crippen LogP) is 2.27. The van der Waals surface area contributed by atoms with E-state index in [1.54, 1.807) is 6.07 Å². The van der Waals surface area contributed by atoms with Crippen LogP contribution in [0, 0.1) is 0 Å². The highest BCUT2D eigenvalue weighted by Crippen LogP contribution is 2.38. The Morgan fingerprint density at radius 1 is 1.30 bits per heavy atom. The minimum absolute atomic E-state index is 0.137. The molecule has 3 heterocycles. The molecule has 1 aliphatic rings. The summed E-state index contributed by atoms with van der Waals surface area (Å²) in [6.45, 7) is 0.224. The van der Waals surface area contributed by atoms with Crippen molar-refractivity contribution < 1.29 is 18.8 Å². The lowest BCUT2D eigenvalue weighted by atomic mass is 10.3. The maximum absolute atomic E-state index is 11.8. The van der Waals surface area contributed by atoms with E-state index < -0.39 is 0 Å². The van der Waals surface area contributed by atoms with Crippen LogP contribution in [0.25, 0.3) is 10.2 Å². The molecule has 0 fully saturated rings. The number of nitrogens with one attached hydrogen (secondary N) is 1. The second-order valence-corrected chi connectivity index (χ2v) is 5.05. The lowest BCUT2D eigenvalue weighted by Gasteiger charge is -1.95. The molecule has 4 rings (SSSR count). The van der Waals surface area contributed by atoms with Gasteiger partial charge in [-0.1, -0.05) is 16.5 Å². The Morgan fingerprint density at radius 2 is 2.15 bits per heavy atom. The van der Waals surface area contributed by atoms with Gasteiger partial charge in [-0.15, -0.1) is 0 Å². The quantitative estimate of drug-likeness (QED) is 0.778. The fourth-order valence-electron chi connectivity index (χ4n) is 1.86. The van der Waals surface area contributed by atoms with E-state index in [9.17, 15) is 4.79 Å². The van der Waals surface area contributed by atoms with Crippen molar-refractivity contribution in [2.75, 3.05) is 12.1 Å². The molecule has 8 heteroatoms. The van der Waals surface area contributed by atoms with Crippen LogP contribution in [0.2, 0.25) is 0 Å². The molecule has 0 saturated heterocycles. The average Bonchev–Trinajstić information content (AvgIpc) is 3.15. The van der Waals surface area contributed by atoms with Crippen molar-refractivity contribution in [1.29, 1.82) is 0 Å². The number of benzene rings is 1. The highest BCUT2D eigenvalue weighted by atomic mass is 32.1. The number of anilines is 1. The summed E-state index contributed by atoms with van der Waals surface area (Å²) in [5.41, 5.74) is 0.743. The summed E-state index contributed by atoms with van der Waals surface area (Å²) in [4.78, 5) is 16.2. The second-order valence-electron chi connectivity index (χ2n) is 4.02. The third-order valence-corrected chi connectivity index (χ3v) is 3.70. The van der Waals surface area contributed by atoms with E-state index in [4.69, 9.17) is 14.0 Å². The monoisotopic (exact) mass is 289 g/mol. The van der Waals surface area contributed by atoms with Crippen molar-refractivity contribution in [3.05, 3.63) is 30.2 Å². The molecule has 1 amide bonds. The summed E-state index contributed by atoms with van der Waals surface area (Å²) < 4.78 is 16.3. The Labute approximate surface area is 116 Å². The Balaban J connectivity index is 1.66. The second kappa shape index (κ2) is 4.20. The number of carbonyl (C=O) groups is 1. The van der Waals surface area contributed by atoms with E-state index in [0.717, 1.165) is 10.2 Å². The average molecular weight is 289 g/mol. The van der Waals surface area contributed by atoms with Gasteiger partial charge < -0.3 is 14.0 Å². The molecule has 0 bridgehead atoms. The van der Waals surface area contributed by atoms with Crippen molar-refractivity contribution in [1.82, 2.24) is 10.1 Å². The first-order valence-electron chi connectivity index (χ1n) is 5.72. The standard InChI is InChI=1S/C12H7N3O4S/c16-11(7-1-2-13-19-7)15-12-14-6-3-8-9(18-5-17-8)4-10(6)20-12/h1-4H,5H2,(H,14,15,16). The van der Waals surface area contributed by atoms with Crippen LogP contribution in [0.15, 0.2) is 28.9 Å². The van der Waals surface area contributed by atoms with Gasteiger partial charge in [0, 0.05) is 18.2 Å². The van der Waals surface area contributed by atoms with Crippen LogP contribution in [-0.4, -0.2) is 22.8 Å². The van der Waals surface area contributed by atoms with E-state index in [1.807, 2.05) is 6.07 Å². The minimum atomic E-state index is -0.387. The summed E-state index contributed by atoms with van der Waals surface area (Å²) in [6, 6.07) is 5.12. The molecule has 0 saturated carbocycles. The lowest BCUT2D eigenvalue weighted by molar-refractivity contribution is 0.0988. The van der Waals surface area contributed by atoms with E-state index in [0.29, 0.717) is 16.6 Å². The molecule has 2 aromatic heterocycles. The molecular weight excluding hydrogens is 282 g/mol. The first-order chi connectivity index (χ1) is 9.79. The smallest absolute Gasteiger partial charge is 0.296 e. The molecule has 20 heavy (non-hydrogen) atoms. The van der Waals surface area contributed by atoms with E-state index in [-0.39, 0.29) is 18.5 Å². The summed E-state index contributed by atoms with van der Waals surface area (Å²) >= 11 is 1.35. The van der Waals surface area contributed by atoms with Gasteiger partial charge in [0.15, 0.2) is 16.6 Å². The van der Waals surface area contributed by atoms with E-state index in [2.05, 4.69) is 15.5 Å². The van der Waals surface area contributed by atoms with Crippen LogP contribution in [0.3, 0.4) is 0 Å². The Morgan fingerprint density at radius 3 is 2.95 bits per heavy atom. The lowest BCUT2D eigenvalue weighted by Crippen LogP contribution is -2.10. The molecule has 100 valence electrons. The summed E-state index contributed by atoms with van der Waals surface area (Å²) in [6.07, 6.45) is 1.41. The molecule has 0 unspecified atom stereocenters. The maximum Gasteiger partial charge on any atom is 0.296 e. The van der Waals surface area contributed by atoms with E-state index >= 15 is 0 Å². The van der Waals surface area contributed by atoms with Crippen LogP contribution >= 0.6 is 11.3 Å². The van der Waals surface area contributed by atoms with Gasteiger partial charge in [-0.3, -0.25) is 10.1 Å². The zero-order valence-electron chi connectivity index (χ0n) is 9.95. The van der Waals surface area contributed by atoms with Crippen molar-refractivity contribution in [3.63, 3.8) is 0 Å². The molecule has 0 spiro atoms. The first-order valence-corrected chi connectivity index (χ1v) is 6.53. The van der Waals surface area contributed by atoms with Crippen LogP contribution in [-0.2, 0) is 0 Å². The number of amides is 1. The molecule has 1 aromatic carbocycles. The third kappa shape index (κ3) is 1.77. The number of aromatic nitrogens is 2. The predicted molar refractivity (Wildman–Crippen MR) is 70.2 cm³/mol. The molecular formula is C12H7N3O4S. The Kier molecular flexibility index (Phi) is 2.36. The zero-order valence-corrected chi connectivity index (χ0v) is 10.8. The summed E-state index contributed by atoms with van der Waals surface area (Å²) in [5.74, 6) is 1.10. The molecule has 1 N–H and O–H groups in total. The minimum Gasteiger partial charge on any atom is -0.454 e. The zero-order chi connectivity index (χ0) is 13.5. The topological polar surface area (TPSA) is 86.5 Å². The van der Waals surface area contributed by atoms with Crippen LogP contribution in [0.1, 0.15) is 10.6 Å². The van der Waals surface area contributed by atoms with Crippen molar-refractivity contribution in [3.8, 4) is 11.5 Å². The molecule has 0 radical (unpaired) electrons. The molecule has 1 aliphatic heterocycles. The van der Waals surface area contributed by atoms with Crippen LogP contribution in [0.4, 0.5) is 5.13 Å². The molecule has 0 atom stereocenters. The van der Waals surface area contributed by atoms with Crippen LogP contribution in [0.5, 0.6) is 11.5 Å². The van der Waals surface area contributed by atoms with Crippen molar-refractivity contribution in [2.24, 2.45) is 0 Å². The van der Waals surface area contributed by atoms with Gasteiger partial charge in [-0.25, -0.2) is 4.98 Å². The largest absolute Gasteiger partial charge is 0.454 e. The normalized spacial score (nSPS) is 12.8. The van der Waals surface area contributed by atoms with E-state index in [1.165, 1.54) is 23.6 Å². The number of ether oxygens (including phenoxy) is 2. The fraction of sp³-hybridized carbons (Fsp3) is 0.0833. The number of carbonyl (C=O) groups excluding carboxylic acids is 1. The van der Waals surface area contributed by atoms with Crippen LogP contribution < -0.4 is 14.8 Å². The van der Waals surface area contributed by atoms with Gasteiger partial charge >= 0.3 is 0 Å². The summed E-state index contributed by atoms with van der Waals surface area (Å²) in [7, 11) is 0.